The molecule has 0 unspecified atom stereocenters. The number of carbonyl (C=O) groups excluding carboxylic acids is 1. The largest absolute Gasteiger partial charge is 0.354 e. The van der Waals surface area contributed by atoms with Gasteiger partial charge in [0.2, 0.25) is 0 Å². The van der Waals surface area contributed by atoms with Crippen molar-refractivity contribution >= 4 is 16.8 Å². The molecule has 3 rings (SSSR count). The fourth-order valence-corrected chi connectivity index (χ4v) is 4.00. The van der Waals surface area contributed by atoms with Crippen molar-refractivity contribution in [3.05, 3.63) is 35.0 Å². The molecular weight excluding hydrogens is 348 g/mol. The molecule has 0 radical (unpaired) electrons. The number of nitrogens with zero attached hydrogens (tertiary/aromatic N) is 1. The van der Waals surface area contributed by atoms with E-state index in [-0.39, 0.29) is 23.6 Å². The number of rotatable bonds is 5. The number of unbranched alkanes of at least 4 members (excludes halogenated alkanes) is 1. The number of carbonyl (C=O) groups is 1. The first-order valence-corrected chi connectivity index (χ1v) is 9.40. The second-order valence-corrected chi connectivity index (χ2v) is 7.40. The topological polar surface area (TPSA) is 48.1 Å². The molecule has 6 heteroatoms. The van der Waals surface area contributed by atoms with Gasteiger partial charge >= 0.3 is 0 Å². The Labute approximate surface area is 158 Å². The maximum atomic E-state index is 14.3. The van der Waals surface area contributed by atoms with Crippen molar-refractivity contribution in [2.75, 3.05) is 6.54 Å². The zero-order chi connectivity index (χ0) is 19.7. The van der Waals surface area contributed by atoms with Gasteiger partial charge < -0.3 is 9.88 Å². The van der Waals surface area contributed by atoms with E-state index in [4.69, 9.17) is 6.42 Å². The molecule has 27 heavy (non-hydrogen) atoms. The number of halogens is 2. The van der Waals surface area contributed by atoms with E-state index < -0.39 is 17.5 Å². The maximum absolute atomic E-state index is 14.3. The Bertz CT molecular complexity index is 897. The summed E-state index contributed by atoms with van der Waals surface area (Å²) in [6.07, 6.45) is 7.54. The summed E-state index contributed by atoms with van der Waals surface area (Å²) in [6, 6.07) is 1.88. The highest BCUT2D eigenvalue weighted by Gasteiger charge is 2.40. The zero-order valence-electron chi connectivity index (χ0n) is 15.9. The highest BCUT2D eigenvalue weighted by molar-refractivity contribution is 5.94. The summed E-state index contributed by atoms with van der Waals surface area (Å²) < 4.78 is 28.2. The second-order valence-electron chi connectivity index (χ2n) is 7.40. The average Bonchev–Trinajstić information content (AvgIpc) is 2.98. The fraction of sp³-hybridized carbons (Fsp3) is 0.476. The van der Waals surface area contributed by atoms with E-state index in [9.17, 15) is 13.6 Å². The van der Waals surface area contributed by atoms with Crippen molar-refractivity contribution < 1.29 is 13.6 Å². The standard InChI is InChI=1S/C21H25F2N3O/c1-5-7-8-24-17-11-15-14-9-13(22)10-16(23)19(14)25-20(15)21(12(3)4)26(17)18(27)6-2/h2,9-10,12,17,21,24-25H,5,7-8,11H2,1,3-4H3/t17-,21+/m1/s1. The van der Waals surface area contributed by atoms with Crippen LogP contribution in [0.15, 0.2) is 12.1 Å². The number of fused-ring (bicyclic) bond motifs is 3. The van der Waals surface area contributed by atoms with Crippen molar-refractivity contribution in [1.29, 1.82) is 0 Å². The van der Waals surface area contributed by atoms with Gasteiger partial charge in [-0.2, -0.15) is 0 Å². The van der Waals surface area contributed by atoms with Crippen LogP contribution in [-0.2, 0) is 11.2 Å². The minimum absolute atomic E-state index is 0.0396. The van der Waals surface area contributed by atoms with Gasteiger partial charge in [-0.3, -0.25) is 10.1 Å². The fourth-order valence-electron chi connectivity index (χ4n) is 4.00. The van der Waals surface area contributed by atoms with E-state index in [1.807, 2.05) is 13.8 Å². The lowest BCUT2D eigenvalue weighted by Crippen LogP contribution is -2.55. The molecule has 0 bridgehead atoms. The van der Waals surface area contributed by atoms with Gasteiger partial charge in [0.15, 0.2) is 0 Å². The molecule has 4 nitrogen and oxygen atoms in total. The lowest BCUT2D eigenvalue weighted by molar-refractivity contribution is -0.133. The second kappa shape index (κ2) is 7.69. The van der Waals surface area contributed by atoms with Crippen molar-refractivity contribution in [2.45, 2.75) is 52.2 Å². The summed E-state index contributed by atoms with van der Waals surface area (Å²) in [4.78, 5) is 17.4. The predicted octanol–water partition coefficient (Wildman–Crippen LogP) is 3.88. The third-order valence-corrected chi connectivity index (χ3v) is 5.19. The van der Waals surface area contributed by atoms with Crippen molar-refractivity contribution in [2.24, 2.45) is 5.92 Å². The highest BCUT2D eigenvalue weighted by Crippen LogP contribution is 2.41. The van der Waals surface area contributed by atoms with Crippen LogP contribution in [0.1, 0.15) is 50.9 Å². The van der Waals surface area contributed by atoms with Gasteiger partial charge in [0, 0.05) is 23.6 Å². The smallest absolute Gasteiger partial charge is 0.300 e. The van der Waals surface area contributed by atoms with Crippen LogP contribution in [0.5, 0.6) is 0 Å². The van der Waals surface area contributed by atoms with Crippen LogP contribution in [0.25, 0.3) is 10.9 Å². The molecule has 0 aliphatic carbocycles. The summed E-state index contributed by atoms with van der Waals surface area (Å²) in [5, 5.41) is 3.94. The molecule has 2 aromatic rings. The van der Waals surface area contributed by atoms with Gasteiger partial charge in [-0.05, 0) is 36.4 Å². The SMILES string of the molecule is C#CC(=O)N1[C@@H](NCCCC)Cc2c([nH]c3c(F)cc(F)cc23)[C@@H]1C(C)C. The Hall–Kier alpha value is -2.39. The van der Waals surface area contributed by atoms with Gasteiger partial charge in [0.1, 0.15) is 11.6 Å². The molecule has 2 atom stereocenters. The van der Waals surface area contributed by atoms with Crippen LogP contribution in [0, 0.1) is 29.9 Å². The van der Waals surface area contributed by atoms with E-state index in [0.29, 0.717) is 11.8 Å². The molecule has 1 aliphatic heterocycles. The van der Waals surface area contributed by atoms with Crippen LogP contribution in [0.2, 0.25) is 0 Å². The molecule has 1 aromatic heterocycles. The molecule has 0 saturated carbocycles. The summed E-state index contributed by atoms with van der Waals surface area (Å²) in [6.45, 7) is 6.80. The van der Waals surface area contributed by atoms with Crippen LogP contribution in [0.4, 0.5) is 8.78 Å². The van der Waals surface area contributed by atoms with E-state index >= 15 is 0 Å². The van der Waals surface area contributed by atoms with Crippen LogP contribution >= 0.6 is 0 Å². The van der Waals surface area contributed by atoms with Gasteiger partial charge in [0.05, 0.1) is 17.7 Å². The molecule has 144 valence electrons. The van der Waals surface area contributed by atoms with E-state index in [0.717, 1.165) is 36.7 Å². The number of hydrogen-bond donors (Lipinski definition) is 2. The zero-order valence-corrected chi connectivity index (χ0v) is 15.9. The van der Waals surface area contributed by atoms with Crippen molar-refractivity contribution in [1.82, 2.24) is 15.2 Å². The first-order chi connectivity index (χ1) is 12.9. The molecule has 0 spiro atoms. The van der Waals surface area contributed by atoms with Crippen LogP contribution in [0.3, 0.4) is 0 Å². The highest BCUT2D eigenvalue weighted by atomic mass is 19.1. The number of benzene rings is 1. The first-order valence-electron chi connectivity index (χ1n) is 9.40. The lowest BCUT2D eigenvalue weighted by atomic mass is 9.88. The Morgan fingerprint density at radius 1 is 1.44 bits per heavy atom. The summed E-state index contributed by atoms with van der Waals surface area (Å²) >= 11 is 0. The van der Waals surface area contributed by atoms with Crippen molar-refractivity contribution in [3.8, 4) is 12.3 Å². The minimum atomic E-state index is -0.632. The molecule has 1 aromatic carbocycles. The summed E-state index contributed by atoms with van der Waals surface area (Å²) in [5.41, 5.74) is 1.85. The van der Waals surface area contributed by atoms with Crippen LogP contribution in [-0.4, -0.2) is 28.5 Å². The normalized spacial score (nSPS) is 19.4. The summed E-state index contributed by atoms with van der Waals surface area (Å²) in [7, 11) is 0. The van der Waals surface area contributed by atoms with Crippen molar-refractivity contribution in [3.63, 3.8) is 0 Å². The van der Waals surface area contributed by atoms with E-state index in [2.05, 4.69) is 23.1 Å². The van der Waals surface area contributed by atoms with Gasteiger partial charge in [-0.15, -0.1) is 6.42 Å². The monoisotopic (exact) mass is 373 g/mol. The number of hydrogen-bond acceptors (Lipinski definition) is 2. The molecule has 0 fully saturated rings. The third kappa shape index (κ3) is 3.44. The Kier molecular flexibility index (Phi) is 5.52. The number of terminal acetylenes is 1. The molecule has 2 heterocycles. The Balaban J connectivity index is 2.16. The molecule has 2 N–H and O–H groups in total. The number of H-pyrrole nitrogens is 1. The summed E-state index contributed by atoms with van der Waals surface area (Å²) in [5.74, 6) is 0.617. The quantitative estimate of drug-likeness (QED) is 0.617. The first kappa shape index (κ1) is 19.4. The maximum Gasteiger partial charge on any atom is 0.300 e. The lowest BCUT2D eigenvalue weighted by Gasteiger charge is -2.43. The molecular formula is C21H25F2N3O. The Morgan fingerprint density at radius 3 is 2.81 bits per heavy atom. The number of nitrogens with one attached hydrogen (secondary N) is 2. The predicted molar refractivity (Wildman–Crippen MR) is 102 cm³/mol. The number of amides is 1. The van der Waals surface area contributed by atoms with Gasteiger partial charge in [-0.25, -0.2) is 8.78 Å². The molecule has 1 aliphatic rings. The van der Waals surface area contributed by atoms with E-state index in [1.165, 1.54) is 6.07 Å². The average molecular weight is 373 g/mol. The molecule has 1 amide bonds. The minimum Gasteiger partial charge on any atom is -0.354 e. The number of aromatic amines is 1. The Morgan fingerprint density at radius 2 is 2.19 bits per heavy atom. The van der Waals surface area contributed by atoms with Gasteiger partial charge in [0.25, 0.3) is 5.91 Å². The number of aromatic nitrogens is 1. The van der Waals surface area contributed by atoms with Crippen LogP contribution < -0.4 is 5.32 Å². The van der Waals surface area contributed by atoms with Gasteiger partial charge in [-0.1, -0.05) is 27.2 Å². The van der Waals surface area contributed by atoms with E-state index in [1.54, 1.807) is 4.90 Å². The molecule has 0 saturated heterocycles. The third-order valence-electron chi connectivity index (χ3n) is 5.19.